The minimum absolute atomic E-state index is 0.166. The van der Waals surface area contributed by atoms with E-state index in [1.165, 1.54) is 16.7 Å². The van der Waals surface area contributed by atoms with Crippen LogP contribution in [0, 0.1) is 6.92 Å². The van der Waals surface area contributed by atoms with Crippen molar-refractivity contribution < 1.29 is 19.3 Å². The lowest BCUT2D eigenvalue weighted by Crippen LogP contribution is -2.17. The van der Waals surface area contributed by atoms with E-state index in [4.69, 9.17) is 19.3 Å². The second-order valence-corrected chi connectivity index (χ2v) is 7.30. The van der Waals surface area contributed by atoms with Crippen LogP contribution in [0.5, 0.6) is 17.2 Å². The molecule has 0 heterocycles. The van der Waals surface area contributed by atoms with Crippen molar-refractivity contribution in [2.75, 3.05) is 27.4 Å². The molecule has 0 aliphatic carbocycles. The van der Waals surface area contributed by atoms with Crippen molar-refractivity contribution in [3.8, 4) is 28.4 Å². The Hall–Kier alpha value is -3.02. The molecule has 0 bridgehead atoms. The van der Waals surface area contributed by atoms with Crippen molar-refractivity contribution in [3.05, 3.63) is 77.4 Å². The standard InChI is InChI=1S/C26H31NO4/c1-19-21(11-7-12-23(19)20-9-5-4-6-10-20)18-31-22-15-25(29-2)24(26(16-22)30-3)17-27-13-8-14-28/h4-7,9-12,15-16,27-28H,8,13-14,17-18H2,1-3H3. The Bertz CT molecular complexity index is 947. The van der Waals surface area contributed by atoms with Crippen LogP contribution < -0.4 is 19.5 Å². The van der Waals surface area contributed by atoms with Gasteiger partial charge in [0.15, 0.2) is 0 Å². The summed E-state index contributed by atoms with van der Waals surface area (Å²) in [6, 6.07) is 20.5. The van der Waals surface area contributed by atoms with E-state index in [1.54, 1.807) is 14.2 Å². The van der Waals surface area contributed by atoms with Crippen molar-refractivity contribution in [1.29, 1.82) is 0 Å². The highest BCUT2D eigenvalue weighted by Crippen LogP contribution is 2.35. The second-order valence-electron chi connectivity index (χ2n) is 7.30. The van der Waals surface area contributed by atoms with E-state index in [2.05, 4.69) is 54.7 Å². The summed E-state index contributed by atoms with van der Waals surface area (Å²) >= 11 is 0. The van der Waals surface area contributed by atoms with E-state index in [9.17, 15) is 0 Å². The van der Waals surface area contributed by atoms with Gasteiger partial charge in [-0.05, 0) is 42.1 Å². The maximum atomic E-state index is 8.95. The van der Waals surface area contributed by atoms with Gasteiger partial charge in [0.1, 0.15) is 23.9 Å². The SMILES string of the molecule is COc1cc(OCc2cccc(-c3ccccc3)c2C)cc(OC)c1CNCCCO. The Balaban J connectivity index is 1.77. The molecule has 0 amide bonds. The molecule has 3 rings (SSSR count). The molecule has 0 aliphatic heterocycles. The van der Waals surface area contributed by atoms with E-state index >= 15 is 0 Å². The molecular formula is C26H31NO4. The van der Waals surface area contributed by atoms with E-state index < -0.39 is 0 Å². The molecule has 0 aliphatic rings. The van der Waals surface area contributed by atoms with Crippen molar-refractivity contribution in [3.63, 3.8) is 0 Å². The Morgan fingerprint density at radius 1 is 0.903 bits per heavy atom. The first-order valence-corrected chi connectivity index (χ1v) is 10.5. The zero-order chi connectivity index (χ0) is 22.1. The summed E-state index contributed by atoms with van der Waals surface area (Å²) in [4.78, 5) is 0. The summed E-state index contributed by atoms with van der Waals surface area (Å²) in [6.45, 7) is 4.05. The summed E-state index contributed by atoms with van der Waals surface area (Å²) in [5.74, 6) is 2.11. The highest BCUT2D eigenvalue weighted by atomic mass is 16.5. The summed E-state index contributed by atoms with van der Waals surface area (Å²) in [5, 5.41) is 12.2. The third-order valence-electron chi connectivity index (χ3n) is 5.32. The predicted octanol–water partition coefficient (Wildman–Crippen LogP) is 4.73. The molecule has 3 aromatic carbocycles. The summed E-state index contributed by atoms with van der Waals surface area (Å²) in [5.41, 5.74) is 5.67. The van der Waals surface area contributed by atoms with Gasteiger partial charge in [0.2, 0.25) is 0 Å². The second kappa shape index (κ2) is 11.4. The van der Waals surface area contributed by atoms with Gasteiger partial charge < -0.3 is 24.6 Å². The highest BCUT2D eigenvalue weighted by molar-refractivity contribution is 5.68. The van der Waals surface area contributed by atoms with Gasteiger partial charge in [0.05, 0.1) is 19.8 Å². The van der Waals surface area contributed by atoms with E-state index in [-0.39, 0.29) is 6.61 Å². The van der Waals surface area contributed by atoms with Crippen molar-refractivity contribution in [2.24, 2.45) is 0 Å². The molecule has 0 saturated carbocycles. The monoisotopic (exact) mass is 421 g/mol. The number of ether oxygens (including phenoxy) is 3. The largest absolute Gasteiger partial charge is 0.496 e. The summed E-state index contributed by atoms with van der Waals surface area (Å²) < 4.78 is 17.3. The van der Waals surface area contributed by atoms with Crippen LogP contribution in [0.1, 0.15) is 23.1 Å². The van der Waals surface area contributed by atoms with E-state index in [0.29, 0.717) is 36.8 Å². The van der Waals surface area contributed by atoms with Gasteiger partial charge in [0.25, 0.3) is 0 Å². The highest BCUT2D eigenvalue weighted by Gasteiger charge is 2.14. The molecule has 5 nitrogen and oxygen atoms in total. The van der Waals surface area contributed by atoms with Crippen LogP contribution in [0.3, 0.4) is 0 Å². The van der Waals surface area contributed by atoms with Gasteiger partial charge in [-0.3, -0.25) is 0 Å². The van der Waals surface area contributed by atoms with Gasteiger partial charge >= 0.3 is 0 Å². The number of rotatable bonds is 11. The van der Waals surface area contributed by atoms with Gasteiger partial charge in [-0.15, -0.1) is 0 Å². The zero-order valence-corrected chi connectivity index (χ0v) is 18.5. The number of benzene rings is 3. The quantitative estimate of drug-likeness (QED) is 0.438. The van der Waals surface area contributed by atoms with Crippen molar-refractivity contribution >= 4 is 0 Å². The molecule has 0 fully saturated rings. The van der Waals surface area contributed by atoms with Crippen LogP contribution in [0.4, 0.5) is 0 Å². The molecule has 0 unspecified atom stereocenters. The maximum Gasteiger partial charge on any atom is 0.130 e. The Morgan fingerprint density at radius 3 is 2.26 bits per heavy atom. The minimum atomic E-state index is 0.166. The normalized spacial score (nSPS) is 10.7. The summed E-state index contributed by atoms with van der Waals surface area (Å²) in [7, 11) is 3.28. The fourth-order valence-electron chi connectivity index (χ4n) is 3.57. The molecule has 2 N–H and O–H groups in total. The number of nitrogens with one attached hydrogen (secondary N) is 1. The predicted molar refractivity (Wildman–Crippen MR) is 124 cm³/mol. The molecule has 0 aromatic heterocycles. The summed E-state index contributed by atoms with van der Waals surface area (Å²) in [6.07, 6.45) is 0.702. The molecule has 5 heteroatoms. The van der Waals surface area contributed by atoms with Gasteiger partial charge in [-0.2, -0.15) is 0 Å². The topological polar surface area (TPSA) is 60.0 Å². The Labute approximate surface area is 184 Å². The van der Waals surface area contributed by atoms with Crippen LogP contribution in [-0.2, 0) is 13.2 Å². The molecule has 0 atom stereocenters. The Morgan fingerprint density at radius 2 is 1.61 bits per heavy atom. The number of aliphatic hydroxyl groups excluding tert-OH is 1. The first-order chi connectivity index (χ1) is 15.2. The first kappa shape index (κ1) is 22.7. The lowest BCUT2D eigenvalue weighted by atomic mass is 9.97. The molecule has 164 valence electrons. The Kier molecular flexibility index (Phi) is 8.33. The third-order valence-corrected chi connectivity index (χ3v) is 5.32. The molecule has 0 radical (unpaired) electrons. The first-order valence-electron chi connectivity index (χ1n) is 10.5. The molecule has 0 spiro atoms. The molecule has 3 aromatic rings. The van der Waals surface area contributed by atoms with Gasteiger partial charge in [0, 0.05) is 25.3 Å². The molecular weight excluding hydrogens is 390 g/mol. The van der Waals surface area contributed by atoms with Gasteiger partial charge in [-0.25, -0.2) is 0 Å². The van der Waals surface area contributed by atoms with Crippen molar-refractivity contribution in [1.82, 2.24) is 5.32 Å². The lowest BCUT2D eigenvalue weighted by molar-refractivity contribution is 0.285. The lowest BCUT2D eigenvalue weighted by Gasteiger charge is -2.17. The average molecular weight is 422 g/mol. The maximum absolute atomic E-state index is 8.95. The van der Waals surface area contributed by atoms with E-state index in [0.717, 1.165) is 17.7 Å². The third kappa shape index (κ3) is 5.78. The van der Waals surface area contributed by atoms with Gasteiger partial charge in [-0.1, -0.05) is 48.5 Å². The number of aliphatic hydroxyl groups is 1. The fourth-order valence-corrected chi connectivity index (χ4v) is 3.57. The minimum Gasteiger partial charge on any atom is -0.496 e. The van der Waals surface area contributed by atoms with Crippen molar-refractivity contribution in [2.45, 2.75) is 26.5 Å². The smallest absolute Gasteiger partial charge is 0.130 e. The van der Waals surface area contributed by atoms with Crippen LogP contribution in [0.25, 0.3) is 11.1 Å². The molecule has 0 saturated heterocycles. The van der Waals surface area contributed by atoms with Crippen LogP contribution in [-0.4, -0.2) is 32.5 Å². The van der Waals surface area contributed by atoms with Crippen LogP contribution in [0.2, 0.25) is 0 Å². The number of methoxy groups -OCH3 is 2. The zero-order valence-electron chi connectivity index (χ0n) is 18.5. The average Bonchev–Trinajstić information content (AvgIpc) is 2.81. The fraction of sp³-hybridized carbons (Fsp3) is 0.308. The number of hydrogen-bond donors (Lipinski definition) is 2. The van der Waals surface area contributed by atoms with Crippen LogP contribution in [0.15, 0.2) is 60.7 Å². The van der Waals surface area contributed by atoms with E-state index in [1.807, 2.05) is 18.2 Å². The number of hydrogen-bond acceptors (Lipinski definition) is 5. The molecule has 31 heavy (non-hydrogen) atoms. The van der Waals surface area contributed by atoms with Crippen LogP contribution >= 0.6 is 0 Å².